The smallest absolute Gasteiger partial charge is 0.223 e. The molecule has 7 rings (SSSR count). The highest BCUT2D eigenvalue weighted by atomic mass is 15.2. The van der Waals surface area contributed by atoms with Gasteiger partial charge in [-0.15, -0.1) is 0 Å². The molecule has 2 unspecified atom stereocenters. The van der Waals surface area contributed by atoms with Crippen LogP contribution in [0.3, 0.4) is 0 Å². The van der Waals surface area contributed by atoms with E-state index in [1.54, 1.807) is 5.56 Å². The number of pyridine rings is 1. The molecule has 44 heavy (non-hydrogen) atoms. The minimum absolute atomic E-state index is 0.170. The fourth-order valence-electron chi connectivity index (χ4n) is 8.19. The summed E-state index contributed by atoms with van der Waals surface area (Å²) < 4.78 is 5.34. The van der Waals surface area contributed by atoms with E-state index in [4.69, 9.17) is 0 Å². The highest BCUT2D eigenvalue weighted by Crippen LogP contribution is 2.67. The minimum Gasteiger partial charge on any atom is -0.223 e. The second kappa shape index (κ2) is 12.7. The van der Waals surface area contributed by atoms with Crippen molar-refractivity contribution in [2.24, 2.45) is 5.41 Å². The van der Waals surface area contributed by atoms with Crippen molar-refractivity contribution in [3.05, 3.63) is 83.0 Å². The van der Waals surface area contributed by atoms with Crippen molar-refractivity contribution in [2.75, 3.05) is 0 Å². The first kappa shape index (κ1) is 33.8. The Hall–Kier alpha value is -3.13. The van der Waals surface area contributed by atoms with Gasteiger partial charge < -0.3 is 0 Å². The van der Waals surface area contributed by atoms with Gasteiger partial charge in [0, 0.05) is 28.2 Å². The van der Waals surface area contributed by atoms with Crippen molar-refractivity contribution in [2.45, 2.75) is 133 Å². The standard InChI is InChI=1S/C35H39N2.C3H8.2C2H6/c1-8-34-21-35(34,9-2)36-20-29(30-22(3)12-10-13-23(30)4)37-28-17-16-24(19-33(5,6)7)18-26(28)25-14-11-15-27(34)31(25)32(36)37;1-3-2;2*1-2/h10-18,20H,8-9,19,21H2,1-7H3;3H2,1-2H3;2*1-2H3/q+1;;;. The van der Waals surface area contributed by atoms with E-state index in [9.17, 15) is 0 Å². The molecule has 2 aromatic heterocycles. The van der Waals surface area contributed by atoms with Gasteiger partial charge in [-0.2, -0.15) is 4.40 Å². The van der Waals surface area contributed by atoms with E-state index >= 15 is 0 Å². The number of hydrogen-bond donors (Lipinski definition) is 0. The first-order valence-corrected chi connectivity index (χ1v) is 17.6. The van der Waals surface area contributed by atoms with Crippen molar-refractivity contribution in [3.8, 4) is 11.3 Å². The Morgan fingerprint density at radius 3 is 1.98 bits per heavy atom. The van der Waals surface area contributed by atoms with Crippen LogP contribution in [-0.2, 0) is 17.4 Å². The van der Waals surface area contributed by atoms with E-state index in [-0.39, 0.29) is 16.4 Å². The molecule has 0 bridgehead atoms. The Morgan fingerprint density at radius 1 is 0.795 bits per heavy atom. The van der Waals surface area contributed by atoms with E-state index in [0.29, 0.717) is 0 Å². The molecule has 2 aliphatic rings. The molecule has 5 aromatic rings. The molecule has 0 radical (unpaired) electrons. The zero-order valence-electron chi connectivity index (χ0n) is 30.2. The van der Waals surface area contributed by atoms with E-state index in [2.05, 4.69) is 132 Å². The second-order valence-electron chi connectivity index (χ2n) is 13.8. The first-order valence-electron chi connectivity index (χ1n) is 17.6. The third-order valence-corrected chi connectivity index (χ3v) is 9.81. The van der Waals surface area contributed by atoms with Gasteiger partial charge in [-0.25, -0.2) is 4.57 Å². The van der Waals surface area contributed by atoms with Crippen LogP contribution in [0.4, 0.5) is 0 Å². The van der Waals surface area contributed by atoms with Crippen LogP contribution in [-0.4, -0.2) is 4.40 Å². The zero-order chi connectivity index (χ0) is 32.6. The number of nitrogens with zero attached hydrogens (tertiary/aromatic N) is 2. The number of rotatable bonds is 4. The summed E-state index contributed by atoms with van der Waals surface area (Å²) in [6, 6.07) is 21.1. The summed E-state index contributed by atoms with van der Waals surface area (Å²) in [5, 5.41) is 4.28. The van der Waals surface area contributed by atoms with E-state index in [1.807, 2.05) is 27.7 Å². The summed E-state index contributed by atoms with van der Waals surface area (Å²) in [5.41, 5.74) is 11.8. The van der Waals surface area contributed by atoms with Crippen LogP contribution >= 0.6 is 0 Å². The van der Waals surface area contributed by atoms with Crippen LogP contribution < -0.4 is 4.57 Å². The van der Waals surface area contributed by atoms with E-state index in [1.165, 1.54) is 74.5 Å². The molecule has 2 atom stereocenters. The summed E-state index contributed by atoms with van der Waals surface area (Å²) >= 11 is 0. The predicted molar refractivity (Wildman–Crippen MR) is 194 cm³/mol. The van der Waals surface area contributed by atoms with Gasteiger partial charge in [0.15, 0.2) is 5.69 Å². The van der Waals surface area contributed by atoms with Gasteiger partial charge >= 0.3 is 0 Å². The molecule has 3 heterocycles. The molecular weight excluding hydrogens is 532 g/mol. The monoisotopic (exact) mass is 591 g/mol. The Bertz CT molecular complexity index is 1760. The normalized spacial score (nSPS) is 19.5. The molecule has 1 saturated carbocycles. The summed E-state index contributed by atoms with van der Waals surface area (Å²) in [6.07, 6.45) is 8.43. The number of fused-ring (bicyclic) bond motifs is 6. The lowest BCUT2D eigenvalue weighted by atomic mass is 9.81. The molecule has 0 N–H and O–H groups in total. The molecule has 236 valence electrons. The van der Waals surface area contributed by atoms with Crippen molar-refractivity contribution >= 4 is 27.3 Å². The summed E-state index contributed by atoms with van der Waals surface area (Å²) in [5.74, 6) is 0. The molecule has 2 nitrogen and oxygen atoms in total. The van der Waals surface area contributed by atoms with Gasteiger partial charge in [-0.3, -0.25) is 0 Å². The van der Waals surface area contributed by atoms with Crippen molar-refractivity contribution < 1.29 is 4.57 Å². The number of benzene rings is 3. The number of aromatic nitrogens is 2. The topological polar surface area (TPSA) is 8.29 Å². The van der Waals surface area contributed by atoms with Crippen LogP contribution in [0.25, 0.3) is 38.6 Å². The van der Waals surface area contributed by atoms with E-state index < -0.39 is 0 Å². The average molecular weight is 592 g/mol. The minimum atomic E-state index is 0.170. The third kappa shape index (κ3) is 4.97. The number of hydrogen-bond acceptors (Lipinski definition) is 0. The quantitative estimate of drug-likeness (QED) is 0.145. The molecule has 1 aliphatic heterocycles. The average Bonchev–Trinajstić information content (AvgIpc) is 3.56. The van der Waals surface area contributed by atoms with Crippen LogP contribution in [0.2, 0.25) is 0 Å². The van der Waals surface area contributed by atoms with Gasteiger partial charge in [0.2, 0.25) is 0 Å². The Kier molecular flexibility index (Phi) is 9.74. The maximum Gasteiger partial charge on any atom is 0.296 e. The zero-order valence-corrected chi connectivity index (χ0v) is 30.2. The van der Waals surface area contributed by atoms with Gasteiger partial charge in [0.1, 0.15) is 17.3 Å². The molecule has 2 heteroatoms. The third-order valence-electron chi connectivity index (χ3n) is 9.81. The molecule has 0 amide bonds. The summed E-state index contributed by atoms with van der Waals surface area (Å²) in [7, 11) is 0. The lowest BCUT2D eigenvalue weighted by Gasteiger charge is -2.28. The van der Waals surface area contributed by atoms with E-state index in [0.717, 1.165) is 12.8 Å². The second-order valence-corrected chi connectivity index (χ2v) is 13.8. The van der Waals surface area contributed by atoms with Gasteiger partial charge in [0.05, 0.1) is 5.39 Å². The van der Waals surface area contributed by atoms with Crippen LogP contribution in [0.1, 0.15) is 124 Å². The Labute approximate surface area is 268 Å². The highest BCUT2D eigenvalue weighted by molar-refractivity contribution is 6.14. The van der Waals surface area contributed by atoms with Crippen LogP contribution in [0.15, 0.2) is 60.8 Å². The largest absolute Gasteiger partial charge is 0.296 e. The highest BCUT2D eigenvalue weighted by Gasteiger charge is 2.73. The molecule has 0 saturated heterocycles. The maximum atomic E-state index is 2.72. The molecule has 1 aliphatic carbocycles. The summed E-state index contributed by atoms with van der Waals surface area (Å²) in [4.78, 5) is 0. The Morgan fingerprint density at radius 2 is 1.41 bits per heavy atom. The number of aryl methyl sites for hydroxylation is 2. The van der Waals surface area contributed by atoms with Crippen LogP contribution in [0, 0.1) is 19.3 Å². The number of imidazole rings is 1. The molecule has 0 spiro atoms. The first-order chi connectivity index (χ1) is 21.1. The molecule has 1 fully saturated rings. The Balaban J connectivity index is 0.000000586. The lowest BCUT2D eigenvalue weighted by Crippen LogP contribution is -2.52. The molecule has 3 aromatic carbocycles. The van der Waals surface area contributed by atoms with Crippen molar-refractivity contribution in [1.29, 1.82) is 0 Å². The fourth-order valence-corrected chi connectivity index (χ4v) is 8.19. The van der Waals surface area contributed by atoms with Crippen molar-refractivity contribution in [1.82, 2.24) is 4.40 Å². The van der Waals surface area contributed by atoms with Gasteiger partial charge in [-0.1, -0.05) is 125 Å². The lowest BCUT2D eigenvalue weighted by molar-refractivity contribution is -0.720. The maximum absolute atomic E-state index is 2.72. The predicted octanol–water partition coefficient (Wildman–Crippen LogP) is 12.0. The molecular formula is C42H59N2+. The summed E-state index contributed by atoms with van der Waals surface area (Å²) in [6.45, 7) is 28.6. The van der Waals surface area contributed by atoms with Gasteiger partial charge in [-0.05, 0) is 72.9 Å². The SMILES string of the molecule is CC.CC.CCC.CCC12CC1(CC)[n+]1cc(-c3c(C)cccc3C)n3c4ccc(CC(C)(C)C)cc4c4cccc2c4c31. The fraction of sp³-hybridized carbons (Fsp3) is 0.500. The van der Waals surface area contributed by atoms with Gasteiger partial charge in [0.25, 0.3) is 5.65 Å². The van der Waals surface area contributed by atoms with Crippen LogP contribution in [0.5, 0.6) is 0 Å². The van der Waals surface area contributed by atoms with Crippen molar-refractivity contribution in [3.63, 3.8) is 0 Å².